The maximum atomic E-state index is 13.6. The number of halogens is 1. The van der Waals surface area contributed by atoms with Gasteiger partial charge in [0, 0.05) is 40.4 Å². The summed E-state index contributed by atoms with van der Waals surface area (Å²) < 4.78 is 25.3. The Morgan fingerprint density at radius 1 is 1.14 bits per heavy atom. The summed E-state index contributed by atoms with van der Waals surface area (Å²) in [6.45, 7) is 8.14. The van der Waals surface area contributed by atoms with Crippen molar-refractivity contribution in [2.75, 3.05) is 11.9 Å². The van der Waals surface area contributed by atoms with E-state index in [0.29, 0.717) is 29.1 Å². The molecule has 0 bridgehead atoms. The predicted octanol–water partition coefficient (Wildman–Crippen LogP) is 7.20. The molecule has 3 aromatic carbocycles. The zero-order chi connectivity index (χ0) is 26.0. The Morgan fingerprint density at radius 3 is 2.61 bits per heavy atom. The fourth-order valence-electron chi connectivity index (χ4n) is 4.15. The van der Waals surface area contributed by atoms with E-state index in [4.69, 9.17) is 9.15 Å². The minimum atomic E-state index is -0.973. The zero-order valence-electron chi connectivity index (χ0n) is 20.3. The number of aryl methyl sites for hydroxylation is 2. The van der Waals surface area contributed by atoms with Crippen molar-refractivity contribution in [3.05, 3.63) is 93.5 Å². The van der Waals surface area contributed by atoms with Gasteiger partial charge in [-0.25, -0.2) is 0 Å². The highest BCUT2D eigenvalue weighted by Gasteiger charge is 2.18. The number of nitro benzene ring substituents is 1. The van der Waals surface area contributed by atoms with E-state index in [1.807, 2.05) is 32.9 Å². The highest BCUT2D eigenvalue weighted by atomic mass is 19.1. The Bertz CT molecular complexity index is 1520. The van der Waals surface area contributed by atoms with E-state index >= 15 is 0 Å². The first-order valence-electron chi connectivity index (χ1n) is 11.4. The van der Waals surface area contributed by atoms with Crippen molar-refractivity contribution in [1.29, 1.82) is 0 Å². The van der Waals surface area contributed by atoms with E-state index in [1.54, 1.807) is 19.3 Å². The molecule has 0 unspecified atom stereocenters. The topological polar surface area (TPSA) is 94.6 Å². The van der Waals surface area contributed by atoms with Crippen LogP contribution in [0.2, 0.25) is 0 Å². The molecule has 1 amide bonds. The van der Waals surface area contributed by atoms with Crippen LogP contribution in [0.1, 0.15) is 30.5 Å². The summed E-state index contributed by atoms with van der Waals surface area (Å²) >= 11 is 0. The van der Waals surface area contributed by atoms with Gasteiger partial charge in [0.25, 0.3) is 0 Å². The molecule has 36 heavy (non-hydrogen) atoms. The molecule has 1 aromatic heterocycles. The molecule has 7 nitrogen and oxygen atoms in total. The average Bonchev–Trinajstić information content (AvgIpc) is 3.22. The molecule has 4 rings (SSSR count). The highest BCUT2D eigenvalue weighted by molar-refractivity contribution is 6.05. The minimum Gasteiger partial charge on any atom is -0.493 e. The van der Waals surface area contributed by atoms with Crippen LogP contribution < -0.4 is 10.1 Å². The second-order valence-electron chi connectivity index (χ2n) is 8.49. The van der Waals surface area contributed by atoms with Crippen molar-refractivity contribution in [3.8, 4) is 16.9 Å². The van der Waals surface area contributed by atoms with Crippen LogP contribution in [0.4, 0.5) is 15.8 Å². The van der Waals surface area contributed by atoms with E-state index in [-0.39, 0.29) is 5.69 Å². The van der Waals surface area contributed by atoms with E-state index in [0.717, 1.165) is 34.2 Å². The summed E-state index contributed by atoms with van der Waals surface area (Å²) in [5.74, 6) is -0.928. The lowest BCUT2D eigenvalue weighted by Gasteiger charge is -2.12. The fraction of sp³-hybridized carbons (Fsp3) is 0.179. The third kappa shape index (κ3) is 4.98. The molecule has 0 radical (unpaired) electrons. The number of fused-ring (bicyclic) bond motifs is 1. The number of anilines is 1. The van der Waals surface area contributed by atoms with Gasteiger partial charge in [0.05, 0.1) is 17.8 Å². The quantitative estimate of drug-likeness (QED) is 0.169. The van der Waals surface area contributed by atoms with Crippen molar-refractivity contribution >= 4 is 33.8 Å². The standard InChI is InChI=1S/C28H25FN2O5/c1-5-35-26-14-27-22(23(15-36-27)20-8-6-16(2)10-17(20)3)13-21(26)18(4)11-28(32)30-19-7-9-24(29)25(12-19)31(33)34/h6-15H,5H2,1-4H3,(H,30,32)/b18-11+. The van der Waals surface area contributed by atoms with Crippen LogP contribution in [0.3, 0.4) is 0 Å². The number of nitrogens with one attached hydrogen (secondary N) is 1. The van der Waals surface area contributed by atoms with Gasteiger partial charge in [-0.15, -0.1) is 0 Å². The summed E-state index contributed by atoms with van der Waals surface area (Å²) in [5, 5.41) is 14.4. The maximum Gasteiger partial charge on any atom is 0.306 e. The van der Waals surface area contributed by atoms with Crippen LogP contribution in [-0.4, -0.2) is 17.4 Å². The fourth-order valence-corrected chi connectivity index (χ4v) is 4.15. The van der Waals surface area contributed by atoms with Crippen LogP contribution in [0.5, 0.6) is 5.75 Å². The first-order valence-corrected chi connectivity index (χ1v) is 11.4. The lowest BCUT2D eigenvalue weighted by Crippen LogP contribution is -2.09. The van der Waals surface area contributed by atoms with E-state index in [2.05, 4.69) is 17.4 Å². The number of ether oxygens (including phenoxy) is 1. The molecular formula is C28H25FN2O5. The van der Waals surface area contributed by atoms with Crippen LogP contribution in [0.25, 0.3) is 27.7 Å². The van der Waals surface area contributed by atoms with Crippen molar-refractivity contribution in [1.82, 2.24) is 0 Å². The number of nitro groups is 1. The molecule has 0 saturated carbocycles. The Kier molecular flexibility index (Phi) is 6.87. The molecule has 0 aliphatic carbocycles. The number of benzene rings is 3. The Morgan fingerprint density at radius 2 is 1.92 bits per heavy atom. The second-order valence-corrected chi connectivity index (χ2v) is 8.49. The Balaban J connectivity index is 1.72. The highest BCUT2D eigenvalue weighted by Crippen LogP contribution is 2.38. The van der Waals surface area contributed by atoms with E-state index in [9.17, 15) is 19.3 Å². The molecule has 0 spiro atoms. The molecule has 0 aliphatic heterocycles. The third-order valence-electron chi connectivity index (χ3n) is 5.83. The van der Waals surface area contributed by atoms with Gasteiger partial charge in [-0.1, -0.05) is 23.8 Å². The largest absolute Gasteiger partial charge is 0.493 e. The lowest BCUT2D eigenvalue weighted by molar-refractivity contribution is -0.387. The van der Waals surface area contributed by atoms with Gasteiger partial charge in [-0.3, -0.25) is 14.9 Å². The predicted molar refractivity (Wildman–Crippen MR) is 138 cm³/mol. The number of carbonyl (C=O) groups excluding carboxylic acids is 1. The number of nitrogens with zero attached hydrogens (tertiary/aromatic N) is 1. The maximum absolute atomic E-state index is 13.6. The number of allylic oxidation sites excluding steroid dienone is 1. The molecule has 0 saturated heterocycles. The van der Waals surface area contributed by atoms with Crippen molar-refractivity contribution < 1.29 is 23.3 Å². The Labute approximate surface area is 207 Å². The van der Waals surface area contributed by atoms with Gasteiger partial charge in [0.1, 0.15) is 11.3 Å². The van der Waals surface area contributed by atoms with Crippen LogP contribution in [0, 0.1) is 29.8 Å². The second kappa shape index (κ2) is 10.0. The van der Waals surface area contributed by atoms with E-state index < -0.39 is 22.3 Å². The number of hydrogen-bond donors (Lipinski definition) is 1. The normalized spacial score (nSPS) is 11.5. The van der Waals surface area contributed by atoms with Crippen molar-refractivity contribution in [3.63, 3.8) is 0 Å². The van der Waals surface area contributed by atoms with Gasteiger partial charge in [0.2, 0.25) is 11.7 Å². The Hall–Kier alpha value is -4.46. The zero-order valence-corrected chi connectivity index (χ0v) is 20.3. The summed E-state index contributed by atoms with van der Waals surface area (Å²) in [7, 11) is 0. The lowest BCUT2D eigenvalue weighted by atomic mass is 9.96. The third-order valence-corrected chi connectivity index (χ3v) is 5.83. The molecule has 0 aliphatic rings. The first-order chi connectivity index (χ1) is 17.2. The van der Waals surface area contributed by atoms with E-state index in [1.165, 1.54) is 17.7 Å². The van der Waals surface area contributed by atoms with Gasteiger partial charge < -0.3 is 14.5 Å². The summed E-state index contributed by atoms with van der Waals surface area (Å²) in [6.07, 6.45) is 3.09. The molecule has 184 valence electrons. The molecule has 0 fully saturated rings. The molecule has 1 N–H and O–H groups in total. The number of hydrogen-bond acceptors (Lipinski definition) is 5. The monoisotopic (exact) mass is 488 g/mol. The molecule has 0 atom stereocenters. The minimum absolute atomic E-state index is 0.115. The van der Waals surface area contributed by atoms with Gasteiger partial charge in [0.15, 0.2) is 0 Å². The molecular weight excluding hydrogens is 463 g/mol. The summed E-state index contributed by atoms with van der Waals surface area (Å²) in [4.78, 5) is 22.9. The summed E-state index contributed by atoms with van der Waals surface area (Å²) in [6, 6.07) is 13.1. The number of amides is 1. The van der Waals surface area contributed by atoms with Crippen molar-refractivity contribution in [2.24, 2.45) is 0 Å². The first kappa shape index (κ1) is 24.7. The number of furan rings is 1. The summed E-state index contributed by atoms with van der Waals surface area (Å²) in [5.41, 5.74) is 5.65. The van der Waals surface area contributed by atoms with Gasteiger partial charge in [-0.05, 0) is 62.6 Å². The van der Waals surface area contributed by atoms with Crippen LogP contribution in [0.15, 0.2) is 65.3 Å². The molecule has 1 heterocycles. The average molecular weight is 489 g/mol. The van der Waals surface area contributed by atoms with Gasteiger partial charge in [-0.2, -0.15) is 4.39 Å². The van der Waals surface area contributed by atoms with Gasteiger partial charge >= 0.3 is 5.69 Å². The van der Waals surface area contributed by atoms with Crippen molar-refractivity contribution in [2.45, 2.75) is 27.7 Å². The number of carbonyl (C=O) groups is 1. The smallest absolute Gasteiger partial charge is 0.306 e. The molecule has 8 heteroatoms. The van der Waals surface area contributed by atoms with Crippen LogP contribution >= 0.6 is 0 Å². The number of rotatable bonds is 7. The SMILES string of the molecule is CCOc1cc2occ(-c3ccc(C)cc3C)c2cc1/C(C)=C/C(=O)Nc1ccc(F)c([N+](=O)[O-])c1. The van der Waals surface area contributed by atoms with Crippen LogP contribution in [-0.2, 0) is 4.79 Å². The molecule has 4 aromatic rings.